The summed E-state index contributed by atoms with van der Waals surface area (Å²) in [4.78, 5) is 17.3. The lowest BCUT2D eigenvalue weighted by atomic mass is 10.2. The van der Waals surface area contributed by atoms with E-state index in [2.05, 4.69) is 10.3 Å². The average Bonchev–Trinajstić information content (AvgIpc) is 3.09. The third kappa shape index (κ3) is 5.45. The molecule has 0 saturated heterocycles. The Kier molecular flexibility index (Phi) is 7.60. The van der Waals surface area contributed by atoms with Crippen LogP contribution >= 0.6 is 0 Å². The van der Waals surface area contributed by atoms with Gasteiger partial charge in [0.25, 0.3) is 0 Å². The number of aromatic nitrogens is 2. The highest BCUT2D eigenvalue weighted by atomic mass is 32.2. The Hall–Kier alpha value is -3.11. The number of carbonyl (C=O) groups is 1. The van der Waals surface area contributed by atoms with Crippen molar-refractivity contribution in [2.45, 2.75) is 31.6 Å². The molecular formula is C23H30N4O5S. The lowest BCUT2D eigenvalue weighted by Gasteiger charge is -2.13. The minimum atomic E-state index is -3.55. The van der Waals surface area contributed by atoms with E-state index in [1.54, 1.807) is 36.4 Å². The number of aryl methyl sites for hydroxylation is 2. The van der Waals surface area contributed by atoms with Gasteiger partial charge in [0.05, 0.1) is 29.1 Å². The van der Waals surface area contributed by atoms with Gasteiger partial charge in [-0.1, -0.05) is 0 Å². The topological polar surface area (TPSA) is 103 Å². The molecule has 33 heavy (non-hydrogen) atoms. The smallest absolute Gasteiger partial charge is 0.242 e. The van der Waals surface area contributed by atoms with Crippen molar-refractivity contribution in [2.24, 2.45) is 7.05 Å². The predicted octanol–water partition coefficient (Wildman–Crippen LogP) is 3.19. The highest BCUT2D eigenvalue weighted by Gasteiger charge is 2.19. The van der Waals surface area contributed by atoms with E-state index >= 15 is 0 Å². The molecule has 3 rings (SSSR count). The van der Waals surface area contributed by atoms with Gasteiger partial charge < -0.3 is 19.4 Å². The van der Waals surface area contributed by atoms with Crippen LogP contribution in [0.15, 0.2) is 41.3 Å². The molecule has 0 aliphatic carbocycles. The van der Waals surface area contributed by atoms with Crippen LogP contribution in [0.2, 0.25) is 0 Å². The van der Waals surface area contributed by atoms with Crippen LogP contribution in [0.1, 0.15) is 26.1 Å². The molecule has 0 aliphatic rings. The van der Waals surface area contributed by atoms with Gasteiger partial charge in [-0.2, -0.15) is 0 Å². The summed E-state index contributed by atoms with van der Waals surface area (Å²) in [5.41, 5.74) is 2.00. The van der Waals surface area contributed by atoms with Crippen LogP contribution in [0, 0.1) is 0 Å². The number of rotatable bonds is 10. The van der Waals surface area contributed by atoms with Crippen molar-refractivity contribution in [3.8, 4) is 11.5 Å². The molecule has 1 heterocycles. The number of fused-ring (bicyclic) bond motifs is 1. The lowest BCUT2D eigenvalue weighted by Crippen LogP contribution is -2.22. The number of nitrogens with zero attached hydrogens (tertiary/aromatic N) is 3. The Balaban J connectivity index is 1.72. The number of carbonyl (C=O) groups excluding carboxylic acids is 1. The fourth-order valence-electron chi connectivity index (χ4n) is 3.40. The van der Waals surface area contributed by atoms with E-state index in [1.165, 1.54) is 18.4 Å². The average molecular weight is 475 g/mol. The van der Waals surface area contributed by atoms with Crippen molar-refractivity contribution in [3.05, 3.63) is 42.2 Å². The van der Waals surface area contributed by atoms with Crippen LogP contribution in [-0.4, -0.2) is 55.5 Å². The van der Waals surface area contributed by atoms with Gasteiger partial charge in [0.15, 0.2) is 11.5 Å². The van der Waals surface area contributed by atoms with Crippen molar-refractivity contribution in [2.75, 3.05) is 32.6 Å². The molecule has 3 aromatic rings. The molecule has 1 aromatic heterocycles. The fourth-order valence-corrected chi connectivity index (χ4v) is 4.32. The third-order valence-electron chi connectivity index (χ3n) is 5.13. The molecule has 1 amide bonds. The van der Waals surface area contributed by atoms with E-state index in [0.29, 0.717) is 48.2 Å². The molecule has 10 heteroatoms. The minimum Gasteiger partial charge on any atom is -0.490 e. The second-order valence-electron chi connectivity index (χ2n) is 7.60. The Morgan fingerprint density at radius 3 is 2.42 bits per heavy atom. The monoisotopic (exact) mass is 474 g/mol. The molecular weight excluding hydrogens is 444 g/mol. The summed E-state index contributed by atoms with van der Waals surface area (Å²) < 4.78 is 39.0. The largest absolute Gasteiger partial charge is 0.490 e. The summed E-state index contributed by atoms with van der Waals surface area (Å²) in [6.07, 6.45) is 0.624. The number of nitrogens with one attached hydrogen (secondary N) is 1. The number of amides is 1. The van der Waals surface area contributed by atoms with Crippen LogP contribution in [-0.2, 0) is 28.3 Å². The van der Waals surface area contributed by atoms with Crippen LogP contribution in [0.5, 0.6) is 11.5 Å². The highest BCUT2D eigenvalue weighted by Crippen LogP contribution is 2.30. The van der Waals surface area contributed by atoms with Gasteiger partial charge in [-0.15, -0.1) is 0 Å². The van der Waals surface area contributed by atoms with Crippen molar-refractivity contribution in [1.29, 1.82) is 0 Å². The zero-order chi connectivity index (χ0) is 24.2. The maximum absolute atomic E-state index is 12.5. The molecule has 0 atom stereocenters. The van der Waals surface area contributed by atoms with E-state index in [1.807, 2.05) is 25.5 Å². The first-order valence-electron chi connectivity index (χ1n) is 10.7. The van der Waals surface area contributed by atoms with Crippen LogP contribution in [0.4, 0.5) is 5.69 Å². The molecule has 0 fully saturated rings. The number of anilines is 1. The molecule has 0 aliphatic heterocycles. The van der Waals surface area contributed by atoms with Gasteiger partial charge in [0.2, 0.25) is 15.9 Å². The highest BCUT2D eigenvalue weighted by molar-refractivity contribution is 7.89. The number of ether oxygens (including phenoxy) is 2. The Bertz CT molecular complexity index is 1250. The van der Waals surface area contributed by atoms with Crippen LogP contribution in [0.3, 0.4) is 0 Å². The summed E-state index contributed by atoms with van der Waals surface area (Å²) in [7, 11) is 1.28. The van der Waals surface area contributed by atoms with E-state index in [4.69, 9.17) is 9.47 Å². The first-order valence-corrected chi connectivity index (χ1v) is 12.2. The van der Waals surface area contributed by atoms with Gasteiger partial charge in [-0.25, -0.2) is 17.7 Å². The van der Waals surface area contributed by atoms with E-state index in [9.17, 15) is 13.2 Å². The number of hydrogen-bond acceptors (Lipinski definition) is 6. The Morgan fingerprint density at radius 1 is 1.06 bits per heavy atom. The number of imidazole rings is 1. The molecule has 0 bridgehead atoms. The Morgan fingerprint density at radius 2 is 1.76 bits per heavy atom. The number of benzene rings is 2. The summed E-state index contributed by atoms with van der Waals surface area (Å²) in [6.45, 7) is 4.79. The van der Waals surface area contributed by atoms with Crippen molar-refractivity contribution in [1.82, 2.24) is 13.9 Å². The van der Waals surface area contributed by atoms with Crippen molar-refractivity contribution in [3.63, 3.8) is 0 Å². The molecule has 0 unspecified atom stereocenters. The predicted molar refractivity (Wildman–Crippen MR) is 127 cm³/mol. The quantitative estimate of drug-likeness (QED) is 0.484. The second kappa shape index (κ2) is 10.2. The van der Waals surface area contributed by atoms with E-state index in [-0.39, 0.29) is 17.2 Å². The van der Waals surface area contributed by atoms with Gasteiger partial charge in [-0.05, 0) is 44.2 Å². The minimum absolute atomic E-state index is 0.162. The van der Waals surface area contributed by atoms with Gasteiger partial charge in [0, 0.05) is 45.7 Å². The van der Waals surface area contributed by atoms with Gasteiger partial charge in [0.1, 0.15) is 5.82 Å². The van der Waals surface area contributed by atoms with Gasteiger partial charge in [-0.3, -0.25) is 4.79 Å². The second-order valence-corrected chi connectivity index (χ2v) is 9.75. The van der Waals surface area contributed by atoms with Crippen LogP contribution < -0.4 is 14.8 Å². The zero-order valence-electron chi connectivity index (χ0n) is 19.6. The zero-order valence-corrected chi connectivity index (χ0v) is 20.4. The van der Waals surface area contributed by atoms with E-state index in [0.717, 1.165) is 5.52 Å². The number of hydrogen-bond donors (Lipinski definition) is 1. The van der Waals surface area contributed by atoms with Crippen LogP contribution in [0.25, 0.3) is 11.0 Å². The summed E-state index contributed by atoms with van der Waals surface area (Å²) in [5, 5.41) is 2.88. The summed E-state index contributed by atoms with van der Waals surface area (Å²) >= 11 is 0. The normalized spacial score (nSPS) is 11.7. The third-order valence-corrected chi connectivity index (χ3v) is 6.94. The maximum Gasteiger partial charge on any atom is 0.242 e. The SMILES string of the molecule is CCOc1ccc(NC(=O)CCc2nc3cc(S(=O)(=O)N(C)C)ccc3n2C)cc1OCC. The summed E-state index contributed by atoms with van der Waals surface area (Å²) in [6, 6.07) is 10.1. The Labute approximate surface area is 194 Å². The van der Waals surface area contributed by atoms with Gasteiger partial charge >= 0.3 is 0 Å². The molecule has 0 spiro atoms. The molecule has 2 aromatic carbocycles. The van der Waals surface area contributed by atoms with E-state index < -0.39 is 10.0 Å². The summed E-state index contributed by atoms with van der Waals surface area (Å²) in [5.74, 6) is 1.74. The first kappa shape index (κ1) is 24.5. The maximum atomic E-state index is 12.5. The molecule has 178 valence electrons. The van der Waals surface area contributed by atoms with Crippen molar-refractivity contribution < 1.29 is 22.7 Å². The molecule has 1 N–H and O–H groups in total. The first-order chi connectivity index (χ1) is 15.7. The van der Waals surface area contributed by atoms with Crippen molar-refractivity contribution >= 4 is 32.7 Å². The molecule has 0 radical (unpaired) electrons. The molecule has 0 saturated carbocycles. The standard InChI is InChI=1S/C23H30N4O5S/c1-6-31-20-11-8-16(14-21(20)32-7-2)24-23(28)13-12-22-25-18-15-17(33(29,30)26(3)4)9-10-19(18)27(22)5/h8-11,14-15H,6-7,12-13H2,1-5H3,(H,24,28). The molecule has 9 nitrogen and oxygen atoms in total. The number of sulfonamides is 1. The fraction of sp³-hybridized carbons (Fsp3) is 0.391. The lowest BCUT2D eigenvalue weighted by molar-refractivity contribution is -0.116.